The van der Waals surface area contributed by atoms with Crippen molar-refractivity contribution < 1.29 is 21.5 Å². The molecule has 4 rings (SSSR count). The van der Waals surface area contributed by atoms with E-state index in [1.54, 1.807) is 0 Å². The van der Waals surface area contributed by atoms with Gasteiger partial charge in [-0.05, 0) is 0 Å². The molecule has 4 aliphatic heterocycles. The van der Waals surface area contributed by atoms with Crippen LogP contribution < -0.4 is 21.5 Å². The molecule has 0 saturated carbocycles. The molecule has 4 saturated heterocycles. The van der Waals surface area contributed by atoms with Gasteiger partial charge in [-0.2, -0.15) is 0 Å². The van der Waals surface area contributed by atoms with Gasteiger partial charge in [0.25, 0.3) is 0 Å². The summed E-state index contributed by atoms with van der Waals surface area (Å²) >= 11 is 0.229. The fraction of sp³-hybridized carbons (Fsp3) is 1.00. The van der Waals surface area contributed by atoms with Crippen molar-refractivity contribution in [3.63, 3.8) is 0 Å². The quantitative estimate of drug-likeness (QED) is 0.281. The third kappa shape index (κ3) is 7.27. The Balaban J connectivity index is 1.13. The first-order chi connectivity index (χ1) is 15.0. The van der Waals surface area contributed by atoms with Crippen LogP contribution in [0.1, 0.15) is 72.1 Å². The summed E-state index contributed by atoms with van der Waals surface area (Å²) in [5.41, 5.74) is 0. The van der Waals surface area contributed by atoms with Crippen molar-refractivity contribution in [1.29, 1.82) is 0 Å². The number of halogens is 1. The van der Waals surface area contributed by atoms with Crippen LogP contribution in [0.15, 0.2) is 0 Å². The zero-order valence-electron chi connectivity index (χ0n) is 20.9. The Labute approximate surface area is 204 Å². The van der Waals surface area contributed by atoms with E-state index in [-0.39, 0.29) is 21.5 Å². The summed E-state index contributed by atoms with van der Waals surface area (Å²) < 4.78 is 4.01. The van der Waals surface area contributed by atoms with Crippen molar-refractivity contribution in [2.75, 3.05) is 59.4 Å². The summed E-state index contributed by atoms with van der Waals surface area (Å²) in [6.45, 7) is 18.3. The SMILES string of the molecule is CC1CCN(C[C@@H]2CCN([I-]C3CCN(C[C@H]4CCN(C)[C@@H](C)C4)CC3)[C@H](C)C2)CC1. The monoisotopic (exact) mass is 545 g/mol. The van der Waals surface area contributed by atoms with Crippen LogP contribution in [0.4, 0.5) is 0 Å². The molecule has 4 nitrogen and oxygen atoms in total. The molecule has 0 radical (unpaired) electrons. The first-order valence-electron chi connectivity index (χ1n) is 13.5. The molecule has 5 heteroatoms. The van der Waals surface area contributed by atoms with Crippen LogP contribution in [0.25, 0.3) is 0 Å². The van der Waals surface area contributed by atoms with E-state index >= 15 is 0 Å². The Bertz CT molecular complexity index is 530. The van der Waals surface area contributed by atoms with E-state index < -0.39 is 0 Å². The summed E-state index contributed by atoms with van der Waals surface area (Å²) in [4.78, 5) is 8.14. The second kappa shape index (κ2) is 11.8. The number of rotatable bonds is 6. The van der Waals surface area contributed by atoms with Crippen LogP contribution in [-0.4, -0.2) is 93.2 Å². The molecular weight excluding hydrogens is 495 g/mol. The van der Waals surface area contributed by atoms with Gasteiger partial charge in [0.15, 0.2) is 0 Å². The Hall–Kier alpha value is 0.570. The van der Waals surface area contributed by atoms with Crippen molar-refractivity contribution in [3.8, 4) is 0 Å². The Morgan fingerprint density at radius 3 is 1.77 bits per heavy atom. The van der Waals surface area contributed by atoms with Gasteiger partial charge in [0.2, 0.25) is 0 Å². The number of likely N-dealkylation sites (tertiary alicyclic amines) is 3. The first-order valence-corrected chi connectivity index (χ1v) is 15.7. The normalized spacial score (nSPS) is 36.9. The molecular formula is C26H50IN4-. The predicted octanol–water partition coefficient (Wildman–Crippen LogP) is 1.02. The van der Waals surface area contributed by atoms with Gasteiger partial charge in [-0.25, -0.2) is 0 Å². The zero-order chi connectivity index (χ0) is 21.8. The van der Waals surface area contributed by atoms with Crippen molar-refractivity contribution in [3.05, 3.63) is 0 Å². The van der Waals surface area contributed by atoms with Crippen molar-refractivity contribution in [2.45, 2.75) is 88.1 Å². The summed E-state index contributed by atoms with van der Waals surface area (Å²) in [6, 6.07) is 1.62. The van der Waals surface area contributed by atoms with Gasteiger partial charge in [-0.1, -0.05) is 0 Å². The van der Waals surface area contributed by atoms with E-state index in [0.717, 1.165) is 33.8 Å². The Kier molecular flexibility index (Phi) is 9.41. The molecule has 31 heavy (non-hydrogen) atoms. The molecule has 0 aromatic rings. The molecule has 0 unspecified atom stereocenters. The number of nitrogens with zero attached hydrogens (tertiary/aromatic N) is 4. The van der Waals surface area contributed by atoms with E-state index in [9.17, 15) is 0 Å². The van der Waals surface area contributed by atoms with Crippen LogP contribution in [0, 0.1) is 17.8 Å². The molecule has 4 atom stereocenters. The number of piperidine rings is 4. The molecule has 0 bridgehead atoms. The van der Waals surface area contributed by atoms with E-state index in [1.807, 2.05) is 0 Å². The van der Waals surface area contributed by atoms with Gasteiger partial charge in [0.05, 0.1) is 0 Å². The van der Waals surface area contributed by atoms with Crippen LogP contribution in [-0.2, 0) is 0 Å². The van der Waals surface area contributed by atoms with Gasteiger partial charge in [0.1, 0.15) is 0 Å². The zero-order valence-corrected chi connectivity index (χ0v) is 23.1. The number of alkyl halides is 1. The number of hydrogen-bond acceptors (Lipinski definition) is 4. The predicted molar refractivity (Wildman–Crippen MR) is 128 cm³/mol. The van der Waals surface area contributed by atoms with Crippen molar-refractivity contribution in [2.24, 2.45) is 17.8 Å². The Morgan fingerprint density at radius 2 is 1.19 bits per heavy atom. The van der Waals surface area contributed by atoms with E-state index in [0.29, 0.717) is 0 Å². The van der Waals surface area contributed by atoms with Gasteiger partial charge in [-0.3, -0.25) is 0 Å². The fourth-order valence-electron chi connectivity index (χ4n) is 6.44. The first kappa shape index (κ1) is 24.7. The maximum atomic E-state index is 2.96. The second-order valence-electron chi connectivity index (χ2n) is 11.6. The molecule has 182 valence electrons. The van der Waals surface area contributed by atoms with Crippen LogP contribution in [0.5, 0.6) is 0 Å². The van der Waals surface area contributed by atoms with Gasteiger partial charge >= 0.3 is 205 Å². The van der Waals surface area contributed by atoms with Gasteiger partial charge in [0, 0.05) is 0 Å². The molecule has 0 amide bonds. The molecule has 0 aromatic carbocycles. The molecule has 4 fully saturated rings. The average Bonchev–Trinajstić information content (AvgIpc) is 2.76. The van der Waals surface area contributed by atoms with E-state index in [4.69, 9.17) is 0 Å². The van der Waals surface area contributed by atoms with Crippen LogP contribution in [0.2, 0.25) is 0 Å². The van der Waals surface area contributed by atoms with Crippen LogP contribution >= 0.6 is 0 Å². The third-order valence-corrected chi connectivity index (χ3v) is 13.1. The number of hydrogen-bond donors (Lipinski definition) is 0. The molecule has 0 aromatic heterocycles. The fourth-order valence-corrected chi connectivity index (χ4v) is 9.90. The summed E-state index contributed by atoms with van der Waals surface area (Å²) in [5.74, 6) is 2.86. The van der Waals surface area contributed by atoms with Crippen LogP contribution in [0.3, 0.4) is 0 Å². The Morgan fingerprint density at radius 1 is 0.645 bits per heavy atom. The van der Waals surface area contributed by atoms with E-state index in [2.05, 4.69) is 45.6 Å². The summed E-state index contributed by atoms with van der Waals surface area (Å²) in [7, 11) is 2.30. The molecule has 4 aliphatic rings. The van der Waals surface area contributed by atoms with Gasteiger partial charge < -0.3 is 0 Å². The second-order valence-corrected chi connectivity index (χ2v) is 15.2. The maximum absolute atomic E-state index is 2.96. The molecule has 4 heterocycles. The summed E-state index contributed by atoms with van der Waals surface area (Å²) in [6.07, 6.45) is 11.6. The minimum absolute atomic E-state index is 0.229. The molecule has 0 spiro atoms. The van der Waals surface area contributed by atoms with Gasteiger partial charge in [-0.15, -0.1) is 0 Å². The summed E-state index contributed by atoms with van der Waals surface area (Å²) in [5, 5.41) is 0. The van der Waals surface area contributed by atoms with Crippen molar-refractivity contribution in [1.82, 2.24) is 17.8 Å². The topological polar surface area (TPSA) is 13.0 Å². The third-order valence-electron chi connectivity index (χ3n) is 8.91. The standard InChI is InChI=1S/C26H50IN4/c1-21-5-12-29(13-6-21)20-25-8-16-31(23(3)18-25)27-26-9-14-30(15-10-26)19-24-7-11-28(4)22(2)17-24/h21-26H,5-20H2,1-4H3/q-1/t22-,23+,24-,25+/m0/s1. The van der Waals surface area contributed by atoms with Crippen molar-refractivity contribution >= 4 is 0 Å². The average molecular weight is 546 g/mol. The minimum atomic E-state index is 0.229. The molecule has 0 N–H and O–H groups in total. The van der Waals surface area contributed by atoms with E-state index in [1.165, 1.54) is 104 Å². The molecule has 0 aliphatic carbocycles.